The van der Waals surface area contributed by atoms with Crippen LogP contribution in [0.2, 0.25) is 0 Å². The highest BCUT2D eigenvalue weighted by molar-refractivity contribution is 7.89. The lowest BCUT2D eigenvalue weighted by Gasteiger charge is -2.22. The van der Waals surface area contributed by atoms with Gasteiger partial charge in [-0.15, -0.1) is 0 Å². The molecule has 2 heterocycles. The fourth-order valence-electron chi connectivity index (χ4n) is 3.04. The molecule has 0 saturated carbocycles. The number of carbonyl (C=O) groups is 1. The van der Waals surface area contributed by atoms with Gasteiger partial charge < -0.3 is 10.4 Å². The number of aliphatic hydroxyl groups is 1. The predicted octanol–water partition coefficient (Wildman–Crippen LogP) is 0.298. The maximum absolute atomic E-state index is 13.0. The number of benzene rings is 1. The normalized spacial score (nSPS) is 20.8. The number of aromatic nitrogens is 2. The van der Waals surface area contributed by atoms with Crippen LogP contribution in [0.4, 0.5) is 0 Å². The van der Waals surface area contributed by atoms with E-state index in [-0.39, 0.29) is 30.0 Å². The van der Waals surface area contributed by atoms with Gasteiger partial charge in [-0.3, -0.25) is 4.79 Å². The maximum atomic E-state index is 13.0. The summed E-state index contributed by atoms with van der Waals surface area (Å²) in [6, 6.07) is 7.18. The lowest BCUT2D eigenvalue weighted by molar-refractivity contribution is -0.117. The minimum Gasteiger partial charge on any atom is -0.395 e. The van der Waals surface area contributed by atoms with Crippen molar-refractivity contribution in [3.8, 4) is 5.69 Å². The molecule has 1 amide bonds. The first kappa shape index (κ1) is 18.3. The van der Waals surface area contributed by atoms with Crippen LogP contribution >= 0.6 is 0 Å². The van der Waals surface area contributed by atoms with Gasteiger partial charge in [0.15, 0.2) is 0 Å². The van der Waals surface area contributed by atoms with Gasteiger partial charge in [-0.1, -0.05) is 6.58 Å². The van der Waals surface area contributed by atoms with E-state index >= 15 is 0 Å². The molecule has 1 aromatic heterocycles. The molecule has 9 heteroatoms. The lowest BCUT2D eigenvalue weighted by atomic mass is 10.2. The van der Waals surface area contributed by atoms with Crippen LogP contribution in [0.15, 0.2) is 60.3 Å². The smallest absolute Gasteiger partial charge is 0.243 e. The van der Waals surface area contributed by atoms with Gasteiger partial charge in [0.2, 0.25) is 15.9 Å². The molecule has 26 heavy (non-hydrogen) atoms. The second kappa shape index (κ2) is 7.40. The van der Waals surface area contributed by atoms with Gasteiger partial charge in [0.05, 0.1) is 23.2 Å². The largest absolute Gasteiger partial charge is 0.395 e. The molecule has 8 nitrogen and oxygen atoms in total. The Kier molecular flexibility index (Phi) is 5.21. The zero-order chi connectivity index (χ0) is 18.7. The number of carbonyl (C=O) groups excluding carboxylic acids is 1. The highest BCUT2D eigenvalue weighted by Crippen LogP contribution is 2.26. The van der Waals surface area contributed by atoms with Crippen LogP contribution in [0, 0.1) is 0 Å². The number of amides is 1. The Morgan fingerprint density at radius 2 is 2.12 bits per heavy atom. The Balaban J connectivity index is 1.82. The quantitative estimate of drug-likeness (QED) is 0.706. The van der Waals surface area contributed by atoms with E-state index in [0.717, 1.165) is 11.8 Å². The van der Waals surface area contributed by atoms with E-state index in [1.807, 2.05) is 0 Å². The van der Waals surface area contributed by atoms with Crippen molar-refractivity contribution in [2.24, 2.45) is 0 Å². The summed E-state index contributed by atoms with van der Waals surface area (Å²) in [5.41, 5.74) is 0.741. The van der Waals surface area contributed by atoms with Gasteiger partial charge in [0.25, 0.3) is 0 Å². The summed E-state index contributed by atoms with van der Waals surface area (Å²) in [6.45, 7) is 3.18. The molecule has 0 aliphatic carbocycles. The molecular weight excluding hydrogens is 356 g/mol. The monoisotopic (exact) mass is 376 g/mol. The van der Waals surface area contributed by atoms with Crippen LogP contribution < -0.4 is 5.32 Å². The molecule has 2 N–H and O–H groups in total. The first-order valence-electron chi connectivity index (χ1n) is 8.11. The van der Waals surface area contributed by atoms with Crippen LogP contribution in [0.25, 0.3) is 5.69 Å². The summed E-state index contributed by atoms with van der Waals surface area (Å²) in [6.07, 6.45) is 4.89. The third-order valence-corrected chi connectivity index (χ3v) is 6.25. The number of aliphatic hydroxyl groups excluding tert-OH is 1. The molecule has 138 valence electrons. The van der Waals surface area contributed by atoms with Gasteiger partial charge in [-0.05, 0) is 42.8 Å². The second-order valence-electron chi connectivity index (χ2n) is 6.00. The van der Waals surface area contributed by atoms with Crippen molar-refractivity contribution in [1.82, 2.24) is 19.4 Å². The van der Waals surface area contributed by atoms with Crippen molar-refractivity contribution >= 4 is 15.9 Å². The van der Waals surface area contributed by atoms with E-state index in [4.69, 9.17) is 0 Å². The summed E-state index contributed by atoms with van der Waals surface area (Å²) in [5, 5.41) is 16.4. The summed E-state index contributed by atoms with van der Waals surface area (Å²) in [7, 11) is -3.79. The van der Waals surface area contributed by atoms with E-state index in [1.165, 1.54) is 16.4 Å². The van der Waals surface area contributed by atoms with Crippen molar-refractivity contribution in [2.45, 2.75) is 23.4 Å². The zero-order valence-corrected chi connectivity index (χ0v) is 14.8. The molecule has 0 spiro atoms. The van der Waals surface area contributed by atoms with Gasteiger partial charge >= 0.3 is 0 Å². The maximum Gasteiger partial charge on any atom is 0.243 e. The van der Waals surface area contributed by atoms with Gasteiger partial charge in [-0.2, -0.15) is 9.40 Å². The SMILES string of the molecule is C=CC(=O)NC1CC(CO)N(S(=O)(=O)c2ccc(-n3cccn3)cc2)C1. The Morgan fingerprint density at radius 3 is 2.69 bits per heavy atom. The molecule has 0 radical (unpaired) electrons. The Hall–Kier alpha value is -2.49. The highest BCUT2D eigenvalue weighted by atomic mass is 32.2. The highest BCUT2D eigenvalue weighted by Gasteiger charge is 2.40. The van der Waals surface area contributed by atoms with Crippen LogP contribution in [0.1, 0.15) is 6.42 Å². The Morgan fingerprint density at radius 1 is 1.38 bits per heavy atom. The molecule has 1 fully saturated rings. The third kappa shape index (κ3) is 3.55. The van der Waals surface area contributed by atoms with Gasteiger partial charge in [-0.25, -0.2) is 13.1 Å². The molecule has 2 atom stereocenters. The first-order valence-corrected chi connectivity index (χ1v) is 9.55. The molecule has 1 saturated heterocycles. The standard InChI is InChI=1S/C17H20N4O4S/c1-2-17(23)19-13-10-15(12-22)21(11-13)26(24,25)16-6-4-14(5-7-16)20-9-3-8-18-20/h2-9,13,15,22H,1,10-12H2,(H,19,23). The van der Waals surface area contributed by atoms with Crippen LogP contribution in [-0.2, 0) is 14.8 Å². The summed E-state index contributed by atoms with van der Waals surface area (Å²) >= 11 is 0. The van der Waals surface area contributed by atoms with E-state index in [9.17, 15) is 18.3 Å². The fraction of sp³-hybridized carbons (Fsp3) is 0.294. The minimum atomic E-state index is -3.79. The average molecular weight is 376 g/mol. The number of hydrogen-bond donors (Lipinski definition) is 2. The van der Waals surface area contributed by atoms with Crippen molar-refractivity contribution < 1.29 is 18.3 Å². The van der Waals surface area contributed by atoms with Gasteiger partial charge in [0.1, 0.15) is 0 Å². The molecule has 1 aromatic carbocycles. The molecule has 2 unspecified atom stereocenters. The summed E-state index contributed by atoms with van der Waals surface area (Å²) in [5.74, 6) is -0.366. The van der Waals surface area contributed by atoms with E-state index in [0.29, 0.717) is 6.42 Å². The van der Waals surface area contributed by atoms with Crippen molar-refractivity contribution in [3.05, 3.63) is 55.4 Å². The molecule has 2 aromatic rings. The van der Waals surface area contributed by atoms with E-state index < -0.39 is 16.1 Å². The Bertz CT molecular complexity index is 878. The third-order valence-electron chi connectivity index (χ3n) is 4.32. The fourth-order valence-corrected chi connectivity index (χ4v) is 4.71. The average Bonchev–Trinajstić information content (AvgIpc) is 3.31. The minimum absolute atomic E-state index is 0.105. The molecule has 1 aliphatic rings. The van der Waals surface area contributed by atoms with Gasteiger partial charge in [0, 0.05) is 25.0 Å². The zero-order valence-electron chi connectivity index (χ0n) is 14.0. The molecule has 0 bridgehead atoms. The summed E-state index contributed by atoms with van der Waals surface area (Å²) < 4.78 is 28.8. The molecular formula is C17H20N4O4S. The lowest BCUT2D eigenvalue weighted by Crippen LogP contribution is -2.39. The topological polar surface area (TPSA) is 105 Å². The van der Waals surface area contributed by atoms with Crippen molar-refractivity contribution in [3.63, 3.8) is 0 Å². The number of sulfonamides is 1. The summed E-state index contributed by atoms with van der Waals surface area (Å²) in [4.78, 5) is 11.6. The van der Waals surface area contributed by atoms with Crippen LogP contribution in [0.3, 0.4) is 0 Å². The second-order valence-corrected chi connectivity index (χ2v) is 7.89. The van der Waals surface area contributed by atoms with Crippen molar-refractivity contribution in [1.29, 1.82) is 0 Å². The number of nitrogens with zero attached hydrogens (tertiary/aromatic N) is 3. The van der Waals surface area contributed by atoms with E-state index in [1.54, 1.807) is 35.3 Å². The van der Waals surface area contributed by atoms with Crippen LogP contribution in [0.5, 0.6) is 0 Å². The predicted molar refractivity (Wildman–Crippen MR) is 95.1 cm³/mol. The first-order chi connectivity index (χ1) is 12.5. The number of rotatable bonds is 6. The van der Waals surface area contributed by atoms with E-state index in [2.05, 4.69) is 17.0 Å². The number of nitrogens with one attached hydrogen (secondary N) is 1. The number of hydrogen-bond acceptors (Lipinski definition) is 5. The van der Waals surface area contributed by atoms with Crippen molar-refractivity contribution in [2.75, 3.05) is 13.2 Å². The van der Waals surface area contributed by atoms with Crippen LogP contribution in [-0.4, -0.2) is 58.8 Å². The molecule has 1 aliphatic heterocycles. The molecule has 3 rings (SSSR count). The Labute approximate surface area is 151 Å².